The van der Waals surface area contributed by atoms with Gasteiger partial charge in [0.05, 0.1) is 6.42 Å². The van der Waals surface area contributed by atoms with Crippen LogP contribution in [0.5, 0.6) is 0 Å². The summed E-state index contributed by atoms with van der Waals surface area (Å²) in [4.78, 5) is 13.6. The Labute approximate surface area is 72.4 Å². The van der Waals surface area contributed by atoms with Gasteiger partial charge in [0.1, 0.15) is 5.69 Å². The molecule has 0 atom stereocenters. The van der Waals surface area contributed by atoms with Crippen molar-refractivity contribution >= 4 is 6.29 Å². The van der Waals surface area contributed by atoms with E-state index in [-0.39, 0.29) is 11.3 Å². The molecule has 0 saturated carbocycles. The molecule has 0 saturated heterocycles. The number of halogens is 3. The largest absolute Gasteiger partial charge is 0.393 e. The highest BCUT2D eigenvalue weighted by atomic mass is 19.4. The molecule has 70 valence electrons. The number of pyridine rings is 1. The first-order valence-corrected chi connectivity index (χ1v) is 3.48. The Hall–Kier alpha value is -1.39. The number of nitrogens with zero attached hydrogens (tertiary/aromatic N) is 1. The molecule has 1 aromatic rings. The Balaban J connectivity index is 2.75. The standard InChI is InChI=1S/C8H6F3NO/c9-8(10,11)3-6-1-2-7(5-13)12-4-6/h1-2,4-5H,3H2. The minimum Gasteiger partial charge on any atom is -0.296 e. The third-order valence-electron chi connectivity index (χ3n) is 1.37. The zero-order valence-electron chi connectivity index (χ0n) is 6.51. The zero-order chi connectivity index (χ0) is 9.90. The van der Waals surface area contributed by atoms with Gasteiger partial charge in [-0.1, -0.05) is 6.07 Å². The number of aldehydes is 1. The van der Waals surface area contributed by atoms with Gasteiger partial charge in [-0.3, -0.25) is 9.78 Å². The lowest BCUT2D eigenvalue weighted by Crippen LogP contribution is -2.11. The lowest BCUT2D eigenvalue weighted by atomic mass is 10.2. The molecule has 1 heterocycles. The molecule has 0 bridgehead atoms. The minimum absolute atomic E-state index is 0.0538. The van der Waals surface area contributed by atoms with E-state index < -0.39 is 12.6 Å². The van der Waals surface area contributed by atoms with Gasteiger partial charge in [-0.25, -0.2) is 0 Å². The first-order chi connectivity index (χ1) is 6.01. The van der Waals surface area contributed by atoms with E-state index in [9.17, 15) is 18.0 Å². The lowest BCUT2D eigenvalue weighted by molar-refractivity contribution is -0.127. The number of carbonyl (C=O) groups excluding carboxylic acids is 1. The van der Waals surface area contributed by atoms with Crippen LogP contribution in [0.4, 0.5) is 13.2 Å². The highest BCUT2D eigenvalue weighted by molar-refractivity contribution is 5.71. The van der Waals surface area contributed by atoms with Crippen LogP contribution in [0.1, 0.15) is 16.1 Å². The Morgan fingerprint density at radius 2 is 2.08 bits per heavy atom. The van der Waals surface area contributed by atoms with Gasteiger partial charge in [0, 0.05) is 6.20 Å². The van der Waals surface area contributed by atoms with Gasteiger partial charge in [-0.2, -0.15) is 13.2 Å². The molecule has 0 radical (unpaired) electrons. The summed E-state index contributed by atoms with van der Waals surface area (Å²) in [6.07, 6.45) is -3.71. The van der Waals surface area contributed by atoms with Crippen molar-refractivity contribution in [1.29, 1.82) is 0 Å². The molecular formula is C8H6F3NO. The molecule has 0 fully saturated rings. The first-order valence-electron chi connectivity index (χ1n) is 3.48. The van der Waals surface area contributed by atoms with Gasteiger partial charge in [0.15, 0.2) is 6.29 Å². The zero-order valence-corrected chi connectivity index (χ0v) is 6.51. The van der Waals surface area contributed by atoms with E-state index in [0.29, 0.717) is 6.29 Å². The van der Waals surface area contributed by atoms with E-state index in [1.54, 1.807) is 0 Å². The molecule has 0 N–H and O–H groups in total. The molecule has 1 rings (SSSR count). The van der Waals surface area contributed by atoms with E-state index in [0.717, 1.165) is 6.20 Å². The van der Waals surface area contributed by atoms with Gasteiger partial charge in [0.2, 0.25) is 0 Å². The summed E-state index contributed by atoms with van der Waals surface area (Å²) in [5.74, 6) is 0. The average molecular weight is 189 g/mol. The first kappa shape index (κ1) is 9.70. The number of aromatic nitrogens is 1. The van der Waals surface area contributed by atoms with E-state index in [4.69, 9.17) is 0 Å². The van der Waals surface area contributed by atoms with Crippen molar-refractivity contribution in [2.24, 2.45) is 0 Å². The van der Waals surface area contributed by atoms with Gasteiger partial charge in [-0.15, -0.1) is 0 Å². The maximum Gasteiger partial charge on any atom is 0.393 e. The van der Waals surface area contributed by atoms with E-state index in [1.165, 1.54) is 12.1 Å². The van der Waals surface area contributed by atoms with Crippen molar-refractivity contribution < 1.29 is 18.0 Å². The van der Waals surface area contributed by atoms with Crippen LogP contribution in [0.25, 0.3) is 0 Å². The number of carbonyl (C=O) groups is 1. The summed E-state index contributed by atoms with van der Waals surface area (Å²) < 4.78 is 35.5. The van der Waals surface area contributed by atoms with Crippen molar-refractivity contribution in [3.05, 3.63) is 29.6 Å². The van der Waals surface area contributed by atoms with Gasteiger partial charge in [-0.05, 0) is 11.6 Å². The summed E-state index contributed by atoms with van der Waals surface area (Å²) in [7, 11) is 0. The van der Waals surface area contributed by atoms with Crippen LogP contribution in [0, 0.1) is 0 Å². The highest BCUT2D eigenvalue weighted by Gasteiger charge is 2.27. The van der Waals surface area contributed by atoms with Crippen LogP contribution >= 0.6 is 0 Å². The SMILES string of the molecule is O=Cc1ccc(CC(F)(F)F)cn1. The molecule has 0 aromatic carbocycles. The van der Waals surface area contributed by atoms with E-state index >= 15 is 0 Å². The summed E-state index contributed by atoms with van der Waals surface area (Å²) in [5, 5.41) is 0. The van der Waals surface area contributed by atoms with Crippen LogP contribution < -0.4 is 0 Å². The molecule has 0 spiro atoms. The van der Waals surface area contributed by atoms with Gasteiger partial charge in [0.25, 0.3) is 0 Å². The fourth-order valence-corrected chi connectivity index (χ4v) is 0.842. The minimum atomic E-state index is -4.23. The van der Waals surface area contributed by atoms with Crippen LogP contribution in [0.2, 0.25) is 0 Å². The van der Waals surface area contributed by atoms with Crippen molar-refractivity contribution in [3.63, 3.8) is 0 Å². The predicted molar refractivity (Wildman–Crippen MR) is 39.4 cm³/mol. The van der Waals surface area contributed by atoms with Crippen LogP contribution in [-0.4, -0.2) is 17.4 Å². The Morgan fingerprint density at radius 1 is 1.38 bits per heavy atom. The maximum atomic E-state index is 11.8. The van der Waals surface area contributed by atoms with Crippen molar-refractivity contribution in [1.82, 2.24) is 4.98 Å². The third kappa shape index (κ3) is 3.23. The summed E-state index contributed by atoms with van der Waals surface area (Å²) in [6.45, 7) is 0. The van der Waals surface area contributed by atoms with Crippen LogP contribution in [-0.2, 0) is 6.42 Å². The molecule has 0 aliphatic carbocycles. The number of rotatable bonds is 2. The topological polar surface area (TPSA) is 30.0 Å². The second-order valence-electron chi connectivity index (χ2n) is 2.50. The Bertz CT molecular complexity index is 291. The quantitative estimate of drug-likeness (QED) is 0.666. The van der Waals surface area contributed by atoms with Crippen LogP contribution in [0.15, 0.2) is 18.3 Å². The summed E-state index contributed by atoms with van der Waals surface area (Å²) in [6, 6.07) is 2.50. The Kier molecular flexibility index (Phi) is 2.65. The van der Waals surface area contributed by atoms with E-state index in [2.05, 4.69) is 4.98 Å². The average Bonchev–Trinajstić information content (AvgIpc) is 2.03. The summed E-state index contributed by atoms with van der Waals surface area (Å²) in [5.41, 5.74) is 0.184. The summed E-state index contributed by atoms with van der Waals surface area (Å²) >= 11 is 0. The molecule has 1 aromatic heterocycles. The molecule has 13 heavy (non-hydrogen) atoms. The highest BCUT2D eigenvalue weighted by Crippen LogP contribution is 2.20. The van der Waals surface area contributed by atoms with E-state index in [1.807, 2.05) is 0 Å². The molecule has 5 heteroatoms. The van der Waals surface area contributed by atoms with Crippen molar-refractivity contribution in [3.8, 4) is 0 Å². The lowest BCUT2D eigenvalue weighted by Gasteiger charge is -2.04. The fraction of sp³-hybridized carbons (Fsp3) is 0.250. The van der Waals surface area contributed by atoms with Crippen molar-refractivity contribution in [2.45, 2.75) is 12.6 Å². The third-order valence-corrected chi connectivity index (χ3v) is 1.37. The molecule has 0 unspecified atom stereocenters. The fourth-order valence-electron chi connectivity index (χ4n) is 0.842. The molecule has 0 aliphatic rings. The number of hydrogen-bond donors (Lipinski definition) is 0. The smallest absolute Gasteiger partial charge is 0.296 e. The molecule has 0 amide bonds. The second kappa shape index (κ2) is 3.55. The number of hydrogen-bond acceptors (Lipinski definition) is 2. The van der Waals surface area contributed by atoms with Gasteiger partial charge < -0.3 is 0 Å². The molecule has 0 aliphatic heterocycles. The normalized spacial score (nSPS) is 11.3. The molecular weight excluding hydrogens is 183 g/mol. The number of alkyl halides is 3. The van der Waals surface area contributed by atoms with Crippen LogP contribution in [0.3, 0.4) is 0 Å². The van der Waals surface area contributed by atoms with Gasteiger partial charge >= 0.3 is 6.18 Å². The monoisotopic (exact) mass is 189 g/mol. The maximum absolute atomic E-state index is 11.8. The Morgan fingerprint density at radius 3 is 2.46 bits per heavy atom. The molecule has 2 nitrogen and oxygen atoms in total. The van der Waals surface area contributed by atoms with Crippen molar-refractivity contribution in [2.75, 3.05) is 0 Å². The predicted octanol–water partition coefficient (Wildman–Crippen LogP) is 2.00. The second-order valence-corrected chi connectivity index (χ2v) is 2.50.